The Morgan fingerprint density at radius 1 is 1.33 bits per heavy atom. The van der Waals surface area contributed by atoms with E-state index in [9.17, 15) is 9.59 Å². The Hall–Kier alpha value is -1.83. The molecule has 0 aliphatic heterocycles. The minimum absolute atomic E-state index is 0.0915. The number of aliphatic carboxylic acids is 1. The van der Waals surface area contributed by atoms with E-state index >= 15 is 0 Å². The first kappa shape index (κ1) is 19.2. The summed E-state index contributed by atoms with van der Waals surface area (Å²) in [7, 11) is 3.03. The van der Waals surface area contributed by atoms with Crippen molar-refractivity contribution in [3.8, 4) is 0 Å². The summed E-state index contributed by atoms with van der Waals surface area (Å²) in [6.45, 7) is 2.53. The van der Waals surface area contributed by atoms with Crippen LogP contribution in [0.3, 0.4) is 0 Å². The van der Waals surface area contributed by atoms with Crippen molar-refractivity contribution in [2.24, 2.45) is 5.92 Å². The van der Waals surface area contributed by atoms with Crippen LogP contribution >= 0.6 is 0 Å². The van der Waals surface area contributed by atoms with Gasteiger partial charge in [-0.15, -0.1) is 0 Å². The third-order valence-corrected chi connectivity index (χ3v) is 3.17. The Kier molecular flexibility index (Phi) is 9.95. The number of nitrogens with one attached hydrogen (secondary N) is 4. The van der Waals surface area contributed by atoms with Crippen molar-refractivity contribution in [2.45, 2.75) is 32.2 Å². The van der Waals surface area contributed by atoms with E-state index in [0.717, 1.165) is 0 Å². The van der Waals surface area contributed by atoms with E-state index < -0.39 is 11.9 Å². The van der Waals surface area contributed by atoms with Gasteiger partial charge < -0.3 is 25.8 Å². The number of guanidine groups is 1. The van der Waals surface area contributed by atoms with Crippen LogP contribution in [0.25, 0.3) is 0 Å². The van der Waals surface area contributed by atoms with Crippen molar-refractivity contribution >= 4 is 17.9 Å². The highest BCUT2D eigenvalue weighted by atomic mass is 16.5. The first-order valence-electron chi connectivity index (χ1n) is 7.00. The molecule has 2 atom stereocenters. The average Bonchev–Trinajstić information content (AvgIpc) is 2.46. The predicted octanol–water partition coefficient (Wildman–Crippen LogP) is -0.248. The van der Waals surface area contributed by atoms with E-state index in [1.165, 1.54) is 7.11 Å². The molecule has 5 N–H and O–H groups in total. The average molecular weight is 302 g/mol. The van der Waals surface area contributed by atoms with Crippen LogP contribution in [-0.2, 0) is 14.3 Å². The summed E-state index contributed by atoms with van der Waals surface area (Å²) in [5, 5.41) is 24.9. The van der Waals surface area contributed by atoms with Crippen molar-refractivity contribution < 1.29 is 19.4 Å². The van der Waals surface area contributed by atoms with Gasteiger partial charge in [0.25, 0.3) is 0 Å². The normalized spacial score (nSPS) is 13.1. The van der Waals surface area contributed by atoms with Crippen LogP contribution in [0.4, 0.5) is 0 Å². The molecule has 0 spiro atoms. The fourth-order valence-electron chi connectivity index (χ4n) is 1.74. The monoisotopic (exact) mass is 302 g/mol. The molecule has 0 amide bonds. The predicted molar refractivity (Wildman–Crippen MR) is 79.2 cm³/mol. The van der Waals surface area contributed by atoms with Crippen LogP contribution < -0.4 is 16.0 Å². The number of carbonyl (C=O) groups is 2. The second kappa shape index (κ2) is 10.9. The molecule has 0 aromatic heterocycles. The summed E-state index contributed by atoms with van der Waals surface area (Å²) in [5.74, 6) is -1.58. The number of hydrogen-bond donors (Lipinski definition) is 5. The van der Waals surface area contributed by atoms with Gasteiger partial charge in [0, 0.05) is 13.1 Å². The molecule has 0 aliphatic rings. The minimum Gasteiger partial charge on any atom is -0.481 e. The number of hydrogen-bond acceptors (Lipinski definition) is 5. The summed E-state index contributed by atoms with van der Waals surface area (Å²) >= 11 is 0. The zero-order chi connectivity index (χ0) is 16.3. The SMILES string of the molecule is CCC(CNC(=N)NCCCC(NC)C(=O)OC)C(=O)O. The number of ether oxygens (including phenoxy) is 1. The number of carbonyl (C=O) groups excluding carboxylic acids is 1. The molecule has 0 aliphatic carbocycles. The van der Waals surface area contributed by atoms with E-state index in [0.29, 0.717) is 25.8 Å². The number of carboxylic acid groups (broad SMARTS) is 1. The quantitative estimate of drug-likeness (QED) is 0.163. The van der Waals surface area contributed by atoms with E-state index in [-0.39, 0.29) is 24.5 Å². The molecule has 0 saturated heterocycles. The Labute approximate surface area is 125 Å². The molecule has 0 heterocycles. The van der Waals surface area contributed by atoms with Crippen molar-refractivity contribution in [3.63, 3.8) is 0 Å². The van der Waals surface area contributed by atoms with Gasteiger partial charge in [0.15, 0.2) is 5.96 Å². The highest BCUT2D eigenvalue weighted by Crippen LogP contribution is 2.00. The first-order valence-corrected chi connectivity index (χ1v) is 7.00. The molecule has 0 radical (unpaired) electrons. The summed E-state index contributed by atoms with van der Waals surface area (Å²) in [6.07, 6.45) is 1.79. The third kappa shape index (κ3) is 8.13. The van der Waals surface area contributed by atoms with Gasteiger partial charge in [0.05, 0.1) is 13.0 Å². The number of methoxy groups -OCH3 is 1. The minimum atomic E-state index is -0.868. The number of esters is 1. The molecule has 8 heteroatoms. The standard InChI is InChI=1S/C13H26N4O4/c1-4-9(11(18)19)8-17-13(14)16-7-5-6-10(15-2)12(20)21-3/h9-10,15H,4-8H2,1-3H3,(H,18,19)(H3,14,16,17). The summed E-state index contributed by atoms with van der Waals surface area (Å²) in [4.78, 5) is 22.2. The topological polar surface area (TPSA) is 124 Å². The fourth-order valence-corrected chi connectivity index (χ4v) is 1.74. The van der Waals surface area contributed by atoms with Crippen LogP contribution in [0.2, 0.25) is 0 Å². The number of carboxylic acids is 1. The smallest absolute Gasteiger partial charge is 0.322 e. The molecule has 2 unspecified atom stereocenters. The van der Waals surface area contributed by atoms with Crippen molar-refractivity contribution in [3.05, 3.63) is 0 Å². The summed E-state index contributed by atoms with van der Waals surface area (Å²) in [5.41, 5.74) is 0. The Morgan fingerprint density at radius 2 is 2.00 bits per heavy atom. The highest BCUT2D eigenvalue weighted by Gasteiger charge is 2.16. The van der Waals surface area contributed by atoms with Crippen molar-refractivity contribution in [1.29, 1.82) is 5.41 Å². The fraction of sp³-hybridized carbons (Fsp3) is 0.769. The molecular formula is C13H26N4O4. The lowest BCUT2D eigenvalue weighted by Crippen LogP contribution is -2.41. The van der Waals surface area contributed by atoms with Gasteiger partial charge in [-0.2, -0.15) is 0 Å². The lowest BCUT2D eigenvalue weighted by atomic mass is 10.1. The Balaban J connectivity index is 3.84. The Bertz CT molecular complexity index is 349. The van der Waals surface area contributed by atoms with Crippen LogP contribution in [0.1, 0.15) is 26.2 Å². The van der Waals surface area contributed by atoms with Gasteiger partial charge in [-0.1, -0.05) is 6.92 Å². The lowest BCUT2D eigenvalue weighted by Gasteiger charge is -2.15. The molecule has 0 rings (SSSR count). The molecule has 0 aromatic rings. The molecule has 0 aromatic carbocycles. The number of rotatable bonds is 10. The molecular weight excluding hydrogens is 276 g/mol. The van der Waals surface area contributed by atoms with E-state index in [4.69, 9.17) is 10.5 Å². The van der Waals surface area contributed by atoms with Crippen molar-refractivity contribution in [1.82, 2.24) is 16.0 Å². The molecule has 0 saturated carbocycles. The molecule has 21 heavy (non-hydrogen) atoms. The Morgan fingerprint density at radius 3 is 2.48 bits per heavy atom. The maximum absolute atomic E-state index is 11.3. The van der Waals surface area contributed by atoms with E-state index in [2.05, 4.69) is 20.7 Å². The summed E-state index contributed by atoms with van der Waals surface area (Å²) < 4.78 is 4.65. The maximum atomic E-state index is 11.3. The second-order valence-corrected chi connectivity index (χ2v) is 4.63. The number of likely N-dealkylation sites (N-methyl/N-ethyl adjacent to an activating group) is 1. The lowest BCUT2D eigenvalue weighted by molar-refractivity contribution is -0.143. The van der Waals surface area contributed by atoms with Gasteiger partial charge in [-0.05, 0) is 26.3 Å². The van der Waals surface area contributed by atoms with Gasteiger partial charge >= 0.3 is 11.9 Å². The molecule has 0 fully saturated rings. The maximum Gasteiger partial charge on any atom is 0.322 e. The zero-order valence-electron chi connectivity index (χ0n) is 12.9. The van der Waals surface area contributed by atoms with E-state index in [1.807, 2.05) is 0 Å². The van der Waals surface area contributed by atoms with Gasteiger partial charge in [-0.3, -0.25) is 15.0 Å². The summed E-state index contributed by atoms with van der Waals surface area (Å²) in [6, 6.07) is -0.351. The third-order valence-electron chi connectivity index (χ3n) is 3.17. The highest BCUT2D eigenvalue weighted by molar-refractivity contribution is 5.77. The molecule has 122 valence electrons. The van der Waals surface area contributed by atoms with E-state index in [1.54, 1.807) is 14.0 Å². The largest absolute Gasteiger partial charge is 0.481 e. The van der Waals surface area contributed by atoms with Crippen molar-refractivity contribution in [2.75, 3.05) is 27.2 Å². The van der Waals surface area contributed by atoms with Gasteiger partial charge in [-0.25, -0.2) is 0 Å². The second-order valence-electron chi connectivity index (χ2n) is 4.63. The molecule has 0 bridgehead atoms. The van der Waals surface area contributed by atoms with Crippen LogP contribution in [-0.4, -0.2) is 56.3 Å². The zero-order valence-corrected chi connectivity index (χ0v) is 12.9. The molecule has 8 nitrogen and oxygen atoms in total. The van der Waals surface area contributed by atoms with Gasteiger partial charge in [0.1, 0.15) is 6.04 Å². The van der Waals surface area contributed by atoms with Gasteiger partial charge in [0.2, 0.25) is 0 Å². The van der Waals surface area contributed by atoms with Crippen LogP contribution in [0.5, 0.6) is 0 Å². The first-order chi connectivity index (χ1) is 9.96. The van der Waals surface area contributed by atoms with Crippen LogP contribution in [0, 0.1) is 11.3 Å². The van der Waals surface area contributed by atoms with Crippen LogP contribution in [0.15, 0.2) is 0 Å².